The van der Waals surface area contributed by atoms with Gasteiger partial charge in [-0.1, -0.05) is 33.1 Å². The molecule has 2 saturated heterocycles. The van der Waals surface area contributed by atoms with Crippen molar-refractivity contribution in [1.82, 2.24) is 15.5 Å². The van der Waals surface area contributed by atoms with E-state index in [-0.39, 0.29) is 0 Å². The summed E-state index contributed by atoms with van der Waals surface area (Å²) in [5.74, 6) is 1.99. The molecule has 22 heavy (non-hydrogen) atoms. The molecule has 2 heterocycles. The van der Waals surface area contributed by atoms with Gasteiger partial charge in [0, 0.05) is 19.6 Å². The molecular formula is C19H39N3. The summed E-state index contributed by atoms with van der Waals surface area (Å²) in [6.07, 6.45) is 9.90. The highest BCUT2D eigenvalue weighted by atomic mass is 15.1. The minimum atomic E-state index is 0.627. The van der Waals surface area contributed by atoms with Gasteiger partial charge in [0.1, 0.15) is 0 Å². The predicted octanol–water partition coefficient (Wildman–Crippen LogP) is 3.11. The van der Waals surface area contributed by atoms with E-state index in [2.05, 4.69) is 36.4 Å². The van der Waals surface area contributed by atoms with Crippen LogP contribution in [0.5, 0.6) is 0 Å². The quantitative estimate of drug-likeness (QED) is 0.789. The molecule has 0 unspecified atom stereocenters. The summed E-state index contributed by atoms with van der Waals surface area (Å²) < 4.78 is 0. The number of rotatable bonds is 6. The topological polar surface area (TPSA) is 27.3 Å². The maximum atomic E-state index is 3.44. The van der Waals surface area contributed by atoms with E-state index in [1.54, 1.807) is 0 Å². The molecule has 3 nitrogen and oxygen atoms in total. The van der Waals surface area contributed by atoms with Crippen LogP contribution in [-0.2, 0) is 0 Å². The third-order valence-corrected chi connectivity index (χ3v) is 6.20. The number of piperidine rings is 1. The number of hydrogen-bond donors (Lipinski definition) is 2. The van der Waals surface area contributed by atoms with Crippen LogP contribution in [0.15, 0.2) is 0 Å². The Bertz CT molecular complexity index is 286. The molecular weight excluding hydrogens is 270 g/mol. The molecule has 3 fully saturated rings. The van der Waals surface area contributed by atoms with Crippen LogP contribution in [0.2, 0.25) is 0 Å². The Labute approximate surface area is 138 Å². The third-order valence-electron chi connectivity index (χ3n) is 6.20. The third kappa shape index (κ3) is 5.82. The lowest BCUT2D eigenvalue weighted by Gasteiger charge is -2.43. The lowest BCUT2D eigenvalue weighted by atomic mass is 9.76. The van der Waals surface area contributed by atoms with E-state index in [0.717, 1.165) is 11.8 Å². The maximum absolute atomic E-state index is 3.44. The van der Waals surface area contributed by atoms with Gasteiger partial charge in [0.2, 0.25) is 0 Å². The van der Waals surface area contributed by atoms with Gasteiger partial charge < -0.3 is 15.5 Å². The Morgan fingerprint density at radius 3 is 2.09 bits per heavy atom. The fourth-order valence-electron chi connectivity index (χ4n) is 3.72. The first kappa shape index (κ1) is 18.2. The number of nitrogens with one attached hydrogen (secondary N) is 2. The molecule has 130 valence electrons. The largest absolute Gasteiger partial charge is 0.317 e. The molecule has 3 rings (SSSR count). The molecule has 3 heteroatoms. The Hall–Kier alpha value is -0.120. The second kappa shape index (κ2) is 9.24. The lowest BCUT2D eigenvalue weighted by molar-refractivity contribution is 0.118. The molecule has 0 aromatic carbocycles. The fraction of sp³-hybridized carbons (Fsp3) is 1.00. The summed E-state index contributed by atoms with van der Waals surface area (Å²) in [4.78, 5) is 2.56. The molecule has 2 N–H and O–H groups in total. The SMILES string of the molecule is CC1CCC1.CCC1(CCN(C)CC2CCNCC2)CNC1. The molecule has 0 atom stereocenters. The van der Waals surface area contributed by atoms with Gasteiger partial charge in [-0.25, -0.2) is 0 Å². The molecule has 0 radical (unpaired) electrons. The van der Waals surface area contributed by atoms with Crippen molar-refractivity contribution < 1.29 is 0 Å². The smallest absolute Gasteiger partial charge is 0.00206 e. The summed E-state index contributed by atoms with van der Waals surface area (Å²) in [5.41, 5.74) is 0.627. The van der Waals surface area contributed by atoms with E-state index in [9.17, 15) is 0 Å². The van der Waals surface area contributed by atoms with Crippen LogP contribution in [0.3, 0.4) is 0 Å². The van der Waals surface area contributed by atoms with Crippen LogP contribution < -0.4 is 10.6 Å². The molecule has 1 aliphatic carbocycles. The average molecular weight is 310 g/mol. The monoisotopic (exact) mass is 309 g/mol. The van der Waals surface area contributed by atoms with Crippen molar-refractivity contribution in [3.8, 4) is 0 Å². The molecule has 0 aromatic heterocycles. The van der Waals surface area contributed by atoms with E-state index in [1.165, 1.54) is 84.2 Å². The Morgan fingerprint density at radius 2 is 1.68 bits per heavy atom. The first-order valence-electron chi connectivity index (χ1n) is 9.73. The molecule has 2 aliphatic heterocycles. The van der Waals surface area contributed by atoms with E-state index in [0.29, 0.717) is 5.41 Å². The van der Waals surface area contributed by atoms with Crippen LogP contribution in [0.4, 0.5) is 0 Å². The van der Waals surface area contributed by atoms with Crippen molar-refractivity contribution in [2.75, 3.05) is 46.3 Å². The van der Waals surface area contributed by atoms with Gasteiger partial charge >= 0.3 is 0 Å². The highest BCUT2D eigenvalue weighted by Gasteiger charge is 2.34. The fourth-order valence-corrected chi connectivity index (χ4v) is 3.72. The Kier molecular flexibility index (Phi) is 7.66. The summed E-state index contributed by atoms with van der Waals surface area (Å²) >= 11 is 0. The second-order valence-corrected chi connectivity index (χ2v) is 8.20. The van der Waals surface area contributed by atoms with E-state index in [1.807, 2.05) is 0 Å². The van der Waals surface area contributed by atoms with Crippen molar-refractivity contribution in [1.29, 1.82) is 0 Å². The predicted molar refractivity (Wildman–Crippen MR) is 96.3 cm³/mol. The van der Waals surface area contributed by atoms with Crippen LogP contribution in [0.25, 0.3) is 0 Å². The average Bonchev–Trinajstić information content (AvgIpc) is 2.46. The minimum absolute atomic E-state index is 0.627. The molecule has 0 bridgehead atoms. The van der Waals surface area contributed by atoms with Gasteiger partial charge in [0.05, 0.1) is 0 Å². The van der Waals surface area contributed by atoms with Gasteiger partial charge in [-0.05, 0) is 69.6 Å². The zero-order valence-corrected chi connectivity index (χ0v) is 15.3. The number of nitrogens with zero attached hydrogens (tertiary/aromatic N) is 1. The van der Waals surface area contributed by atoms with Crippen molar-refractivity contribution in [3.63, 3.8) is 0 Å². The van der Waals surface area contributed by atoms with E-state index in [4.69, 9.17) is 0 Å². The maximum Gasteiger partial charge on any atom is 0.00206 e. The second-order valence-electron chi connectivity index (χ2n) is 8.20. The summed E-state index contributed by atoms with van der Waals surface area (Å²) in [7, 11) is 2.30. The first-order chi connectivity index (χ1) is 10.6. The van der Waals surface area contributed by atoms with Gasteiger partial charge in [0.25, 0.3) is 0 Å². The van der Waals surface area contributed by atoms with Crippen molar-refractivity contribution in [3.05, 3.63) is 0 Å². The van der Waals surface area contributed by atoms with Gasteiger partial charge in [-0.2, -0.15) is 0 Å². The summed E-state index contributed by atoms with van der Waals surface area (Å²) in [5, 5.41) is 6.88. The van der Waals surface area contributed by atoms with Crippen LogP contribution in [0, 0.1) is 17.3 Å². The van der Waals surface area contributed by atoms with Gasteiger partial charge in [-0.3, -0.25) is 0 Å². The van der Waals surface area contributed by atoms with Crippen LogP contribution >= 0.6 is 0 Å². The van der Waals surface area contributed by atoms with E-state index < -0.39 is 0 Å². The first-order valence-corrected chi connectivity index (χ1v) is 9.73. The molecule has 0 amide bonds. The standard InChI is InChI=1S/C14H29N3.C5H10/c1-3-14(11-16-12-14)6-9-17(2)10-13-4-7-15-8-5-13;1-5-3-2-4-5/h13,15-16H,3-12H2,1-2H3;5H,2-4H2,1H3. The molecule has 0 aromatic rings. The summed E-state index contributed by atoms with van der Waals surface area (Å²) in [6, 6.07) is 0. The van der Waals surface area contributed by atoms with Gasteiger partial charge in [0.15, 0.2) is 0 Å². The molecule has 3 aliphatic rings. The van der Waals surface area contributed by atoms with Gasteiger partial charge in [-0.15, -0.1) is 0 Å². The Balaban J connectivity index is 0.000000299. The van der Waals surface area contributed by atoms with Crippen molar-refractivity contribution >= 4 is 0 Å². The highest BCUT2D eigenvalue weighted by molar-refractivity contribution is 4.91. The van der Waals surface area contributed by atoms with E-state index >= 15 is 0 Å². The zero-order chi connectivity index (χ0) is 15.8. The Morgan fingerprint density at radius 1 is 1.05 bits per heavy atom. The summed E-state index contributed by atoms with van der Waals surface area (Å²) in [6.45, 7) is 12.2. The lowest BCUT2D eigenvalue weighted by Crippen LogP contribution is -2.54. The van der Waals surface area contributed by atoms with Crippen LogP contribution in [0.1, 0.15) is 58.8 Å². The molecule has 1 saturated carbocycles. The number of hydrogen-bond acceptors (Lipinski definition) is 3. The van der Waals surface area contributed by atoms with Crippen molar-refractivity contribution in [2.24, 2.45) is 17.3 Å². The zero-order valence-electron chi connectivity index (χ0n) is 15.3. The molecule has 0 spiro atoms. The normalized spacial score (nSPS) is 25.1. The van der Waals surface area contributed by atoms with Crippen molar-refractivity contribution in [2.45, 2.75) is 58.8 Å². The minimum Gasteiger partial charge on any atom is -0.317 e. The highest BCUT2D eigenvalue weighted by Crippen LogP contribution is 2.31. The van der Waals surface area contributed by atoms with Crippen LogP contribution in [-0.4, -0.2) is 51.2 Å².